The predicted octanol–water partition coefficient (Wildman–Crippen LogP) is 1.53. The molecule has 18 heavy (non-hydrogen) atoms. The second-order valence-corrected chi connectivity index (χ2v) is 4.13. The molecule has 1 aromatic heterocycles. The Morgan fingerprint density at radius 2 is 2.28 bits per heavy atom. The van der Waals surface area contributed by atoms with Crippen molar-refractivity contribution < 1.29 is 14.2 Å². The topological polar surface area (TPSA) is 67.3 Å². The molecule has 2 N–H and O–H groups in total. The monoisotopic (exact) mass is 269 g/mol. The lowest BCUT2D eigenvalue weighted by Gasteiger charge is -2.13. The fourth-order valence-corrected chi connectivity index (χ4v) is 1.66. The van der Waals surface area contributed by atoms with E-state index >= 15 is 0 Å². The average molecular weight is 269 g/mol. The summed E-state index contributed by atoms with van der Waals surface area (Å²) in [5.74, 6) is 0.0271. The van der Waals surface area contributed by atoms with E-state index in [1.54, 1.807) is 18.2 Å². The smallest absolute Gasteiger partial charge is 0.245 e. The van der Waals surface area contributed by atoms with Gasteiger partial charge in [-0.3, -0.25) is 0 Å². The lowest BCUT2D eigenvalue weighted by Crippen LogP contribution is -2.26. The molecule has 0 spiro atoms. The second kappa shape index (κ2) is 6.27. The van der Waals surface area contributed by atoms with E-state index in [9.17, 15) is 9.50 Å². The first-order valence-electron chi connectivity index (χ1n) is 5.32. The summed E-state index contributed by atoms with van der Waals surface area (Å²) in [4.78, 5) is 0. The van der Waals surface area contributed by atoms with Crippen LogP contribution in [0.1, 0.15) is 0 Å². The van der Waals surface area contributed by atoms with Crippen LogP contribution >= 0.6 is 11.7 Å². The van der Waals surface area contributed by atoms with Crippen molar-refractivity contribution in [2.75, 3.05) is 18.5 Å². The Kier molecular flexibility index (Phi) is 4.43. The molecular weight excluding hydrogens is 257 g/mol. The Balaban J connectivity index is 1.75. The van der Waals surface area contributed by atoms with Gasteiger partial charge in [-0.15, -0.1) is 4.37 Å². The van der Waals surface area contributed by atoms with Crippen molar-refractivity contribution in [3.05, 3.63) is 36.3 Å². The zero-order valence-electron chi connectivity index (χ0n) is 9.41. The van der Waals surface area contributed by atoms with Gasteiger partial charge >= 0.3 is 0 Å². The normalized spacial score (nSPS) is 12.1. The number of rotatable bonds is 6. The van der Waals surface area contributed by atoms with Gasteiger partial charge in [-0.05, 0) is 12.1 Å². The van der Waals surface area contributed by atoms with Gasteiger partial charge in [0.1, 0.15) is 24.7 Å². The maximum Gasteiger partial charge on any atom is 0.245 e. The molecular formula is C11H12FN3O2S. The summed E-state index contributed by atoms with van der Waals surface area (Å²) in [6, 6.07) is 6.28. The van der Waals surface area contributed by atoms with Gasteiger partial charge in [0.25, 0.3) is 0 Å². The average Bonchev–Trinajstić information content (AvgIpc) is 2.88. The highest BCUT2D eigenvalue weighted by molar-refractivity contribution is 6.99. The SMILES string of the molecule is OC(CNc1ccccc1F)COc1cnsn1. The fourth-order valence-electron chi connectivity index (χ4n) is 1.29. The molecule has 96 valence electrons. The molecule has 0 aliphatic rings. The minimum absolute atomic E-state index is 0.0763. The third-order valence-corrected chi connectivity index (χ3v) is 2.63. The van der Waals surface area contributed by atoms with Crippen LogP contribution in [0.3, 0.4) is 0 Å². The molecule has 0 bridgehead atoms. The number of ether oxygens (including phenoxy) is 1. The summed E-state index contributed by atoms with van der Waals surface area (Å²) in [5, 5.41) is 12.4. The summed E-state index contributed by atoms with van der Waals surface area (Å²) in [5.41, 5.74) is 0.354. The number of aliphatic hydroxyl groups is 1. The first-order valence-corrected chi connectivity index (χ1v) is 6.05. The van der Waals surface area contributed by atoms with E-state index in [-0.39, 0.29) is 19.0 Å². The lowest BCUT2D eigenvalue weighted by atomic mass is 10.3. The van der Waals surface area contributed by atoms with Crippen LogP contribution in [0.4, 0.5) is 10.1 Å². The Labute approximate surface area is 108 Å². The number of nitrogens with one attached hydrogen (secondary N) is 1. The number of hydrogen-bond acceptors (Lipinski definition) is 6. The highest BCUT2D eigenvalue weighted by atomic mass is 32.1. The predicted molar refractivity (Wildman–Crippen MR) is 66.3 cm³/mol. The van der Waals surface area contributed by atoms with E-state index < -0.39 is 6.10 Å². The Morgan fingerprint density at radius 3 is 3.00 bits per heavy atom. The van der Waals surface area contributed by atoms with Gasteiger partial charge in [0, 0.05) is 6.54 Å². The van der Waals surface area contributed by atoms with E-state index in [2.05, 4.69) is 14.1 Å². The number of aliphatic hydroxyl groups excluding tert-OH is 1. The van der Waals surface area contributed by atoms with Crippen LogP contribution in [0.2, 0.25) is 0 Å². The third-order valence-electron chi connectivity index (χ3n) is 2.17. The molecule has 1 unspecified atom stereocenters. The number of aromatic nitrogens is 2. The van der Waals surface area contributed by atoms with Crippen LogP contribution in [-0.4, -0.2) is 33.1 Å². The van der Waals surface area contributed by atoms with Crippen molar-refractivity contribution in [2.45, 2.75) is 6.10 Å². The standard InChI is InChI=1S/C11H12FN3O2S/c12-9-3-1-2-4-10(9)13-5-8(16)7-17-11-6-14-18-15-11/h1-4,6,8,13,16H,5,7H2. The van der Waals surface area contributed by atoms with E-state index in [4.69, 9.17) is 4.74 Å². The summed E-state index contributed by atoms with van der Waals surface area (Å²) in [6.45, 7) is 0.269. The van der Waals surface area contributed by atoms with Gasteiger partial charge in [0.2, 0.25) is 5.88 Å². The van der Waals surface area contributed by atoms with E-state index in [1.807, 2.05) is 0 Å². The largest absolute Gasteiger partial charge is 0.473 e. The molecule has 0 aliphatic carbocycles. The lowest BCUT2D eigenvalue weighted by molar-refractivity contribution is 0.115. The van der Waals surface area contributed by atoms with E-state index in [0.29, 0.717) is 11.6 Å². The van der Waals surface area contributed by atoms with Gasteiger partial charge in [-0.1, -0.05) is 12.1 Å². The van der Waals surface area contributed by atoms with Crippen LogP contribution < -0.4 is 10.1 Å². The fraction of sp³-hybridized carbons (Fsp3) is 0.273. The van der Waals surface area contributed by atoms with Crippen LogP contribution in [0.15, 0.2) is 30.5 Å². The zero-order valence-corrected chi connectivity index (χ0v) is 10.2. The van der Waals surface area contributed by atoms with Crippen molar-refractivity contribution in [2.24, 2.45) is 0 Å². The molecule has 1 atom stereocenters. The molecule has 0 saturated heterocycles. The van der Waals surface area contributed by atoms with Gasteiger partial charge in [0.05, 0.1) is 17.4 Å². The number of halogens is 1. The molecule has 0 radical (unpaired) electrons. The quantitative estimate of drug-likeness (QED) is 0.832. The molecule has 1 heterocycles. The minimum atomic E-state index is -0.758. The van der Waals surface area contributed by atoms with Crippen molar-refractivity contribution in [3.63, 3.8) is 0 Å². The summed E-state index contributed by atoms with van der Waals surface area (Å²) in [7, 11) is 0. The molecule has 0 saturated carbocycles. The molecule has 7 heteroatoms. The maximum absolute atomic E-state index is 13.3. The molecule has 0 fully saturated rings. The number of para-hydroxylation sites is 1. The Morgan fingerprint density at radius 1 is 1.44 bits per heavy atom. The minimum Gasteiger partial charge on any atom is -0.473 e. The molecule has 1 aromatic carbocycles. The van der Waals surface area contributed by atoms with Crippen LogP contribution in [-0.2, 0) is 0 Å². The van der Waals surface area contributed by atoms with Gasteiger partial charge < -0.3 is 15.2 Å². The maximum atomic E-state index is 13.3. The molecule has 5 nitrogen and oxygen atoms in total. The van der Waals surface area contributed by atoms with Crippen molar-refractivity contribution in [1.29, 1.82) is 0 Å². The second-order valence-electron chi connectivity index (χ2n) is 3.57. The van der Waals surface area contributed by atoms with E-state index in [0.717, 1.165) is 11.7 Å². The third kappa shape index (κ3) is 3.64. The summed E-state index contributed by atoms with van der Waals surface area (Å²) in [6.07, 6.45) is 0.716. The number of benzene rings is 1. The first-order chi connectivity index (χ1) is 8.75. The van der Waals surface area contributed by atoms with Gasteiger partial charge in [0.15, 0.2) is 0 Å². The molecule has 2 aromatic rings. The van der Waals surface area contributed by atoms with Crippen LogP contribution in [0, 0.1) is 5.82 Å². The number of anilines is 1. The van der Waals surface area contributed by atoms with Crippen molar-refractivity contribution >= 4 is 17.4 Å². The number of nitrogens with zero attached hydrogens (tertiary/aromatic N) is 2. The van der Waals surface area contributed by atoms with Crippen LogP contribution in [0.25, 0.3) is 0 Å². The summed E-state index contributed by atoms with van der Waals surface area (Å²) < 4.78 is 26.0. The van der Waals surface area contributed by atoms with E-state index in [1.165, 1.54) is 12.3 Å². The Hall–Kier alpha value is -1.73. The van der Waals surface area contributed by atoms with Crippen LogP contribution in [0.5, 0.6) is 5.88 Å². The Bertz CT molecular complexity index is 481. The molecule has 0 amide bonds. The van der Waals surface area contributed by atoms with Crippen molar-refractivity contribution in [3.8, 4) is 5.88 Å². The first kappa shape index (κ1) is 12.7. The van der Waals surface area contributed by atoms with Gasteiger partial charge in [-0.2, -0.15) is 4.37 Å². The number of hydrogen-bond donors (Lipinski definition) is 2. The highest BCUT2D eigenvalue weighted by Crippen LogP contribution is 2.12. The zero-order chi connectivity index (χ0) is 12.8. The molecule has 0 aliphatic heterocycles. The molecule has 2 rings (SSSR count). The summed E-state index contributed by atoms with van der Waals surface area (Å²) >= 11 is 1.03. The van der Waals surface area contributed by atoms with Gasteiger partial charge in [-0.25, -0.2) is 4.39 Å². The highest BCUT2D eigenvalue weighted by Gasteiger charge is 2.07. The van der Waals surface area contributed by atoms with Crippen molar-refractivity contribution in [1.82, 2.24) is 8.75 Å².